The third-order valence-corrected chi connectivity index (χ3v) is 3.80. The van der Waals surface area contributed by atoms with Gasteiger partial charge in [-0.15, -0.1) is 0 Å². The molecule has 2 rings (SSSR count). The molecule has 0 aromatic carbocycles. The molecule has 1 saturated heterocycles. The van der Waals surface area contributed by atoms with Crippen molar-refractivity contribution in [1.82, 2.24) is 10.3 Å². The minimum Gasteiger partial charge on any atom is -0.310 e. The maximum Gasteiger partial charge on any atom is 0.140 e. The molecule has 0 aliphatic carbocycles. The van der Waals surface area contributed by atoms with Gasteiger partial charge in [0.2, 0.25) is 0 Å². The molecule has 0 unspecified atom stereocenters. The lowest BCUT2D eigenvalue weighted by Gasteiger charge is -2.22. The second kappa shape index (κ2) is 5.88. The van der Waals surface area contributed by atoms with Crippen LogP contribution in [0.25, 0.3) is 0 Å². The van der Waals surface area contributed by atoms with E-state index in [1.54, 1.807) is 6.20 Å². The minimum absolute atomic E-state index is 0.499. The Kier molecular flexibility index (Phi) is 4.20. The molecule has 4 heteroatoms. The van der Waals surface area contributed by atoms with E-state index in [1.165, 1.54) is 24.3 Å². The number of hydrogen-bond acceptors (Lipinski definition) is 4. The summed E-state index contributed by atoms with van der Waals surface area (Å²) in [5.41, 5.74) is 1.64. The molecule has 1 fully saturated rings. The standard InChI is InChI=1S/C12H15N3S/c13-8-12-7-10(1-4-14-12)9-15-11-2-5-16-6-3-11/h1,4,7,11,15H,2-3,5-6,9H2. The number of thioether (sulfide) groups is 1. The highest BCUT2D eigenvalue weighted by atomic mass is 32.2. The van der Waals surface area contributed by atoms with E-state index < -0.39 is 0 Å². The van der Waals surface area contributed by atoms with Gasteiger partial charge in [-0.2, -0.15) is 17.0 Å². The van der Waals surface area contributed by atoms with Gasteiger partial charge in [0, 0.05) is 18.8 Å². The first-order valence-electron chi connectivity index (χ1n) is 5.54. The molecule has 0 bridgehead atoms. The molecule has 0 radical (unpaired) electrons. The lowest BCUT2D eigenvalue weighted by atomic mass is 10.1. The Balaban J connectivity index is 1.86. The molecule has 1 aliphatic rings. The number of nitriles is 1. The van der Waals surface area contributed by atoms with Gasteiger partial charge in [-0.3, -0.25) is 0 Å². The summed E-state index contributed by atoms with van der Waals surface area (Å²) in [4.78, 5) is 3.96. The first-order valence-corrected chi connectivity index (χ1v) is 6.70. The SMILES string of the molecule is N#Cc1cc(CNC2CCSCC2)ccn1. The molecule has 0 atom stereocenters. The van der Waals surface area contributed by atoms with Gasteiger partial charge in [-0.25, -0.2) is 4.98 Å². The average molecular weight is 233 g/mol. The number of aromatic nitrogens is 1. The Labute approximate surface area is 100 Å². The van der Waals surface area contributed by atoms with Crippen molar-refractivity contribution >= 4 is 11.8 Å². The molecule has 84 valence electrons. The summed E-state index contributed by atoms with van der Waals surface area (Å²) in [6.07, 6.45) is 4.20. The molecular weight excluding hydrogens is 218 g/mol. The first kappa shape index (κ1) is 11.4. The lowest BCUT2D eigenvalue weighted by molar-refractivity contribution is 0.482. The molecular formula is C12H15N3S. The topological polar surface area (TPSA) is 48.7 Å². The Bertz CT molecular complexity index is 380. The predicted octanol–water partition coefficient (Wildman–Crippen LogP) is 1.94. The first-order chi connectivity index (χ1) is 7.88. The molecule has 1 aliphatic heterocycles. The number of hydrogen-bond donors (Lipinski definition) is 1. The van der Waals surface area contributed by atoms with Crippen molar-refractivity contribution in [2.75, 3.05) is 11.5 Å². The number of nitrogens with one attached hydrogen (secondary N) is 1. The smallest absolute Gasteiger partial charge is 0.140 e. The van der Waals surface area contributed by atoms with Gasteiger partial charge in [0.05, 0.1) is 0 Å². The maximum absolute atomic E-state index is 8.74. The molecule has 2 heterocycles. The van der Waals surface area contributed by atoms with E-state index in [0.29, 0.717) is 11.7 Å². The van der Waals surface area contributed by atoms with Crippen LogP contribution in [-0.4, -0.2) is 22.5 Å². The van der Waals surface area contributed by atoms with Crippen molar-refractivity contribution in [3.8, 4) is 6.07 Å². The zero-order valence-corrected chi connectivity index (χ0v) is 9.96. The van der Waals surface area contributed by atoms with Crippen LogP contribution in [-0.2, 0) is 6.54 Å². The minimum atomic E-state index is 0.499. The molecule has 3 nitrogen and oxygen atoms in total. The monoisotopic (exact) mass is 233 g/mol. The van der Waals surface area contributed by atoms with Crippen LogP contribution < -0.4 is 5.32 Å². The second-order valence-corrected chi connectivity index (χ2v) is 5.15. The lowest BCUT2D eigenvalue weighted by Crippen LogP contribution is -2.32. The van der Waals surface area contributed by atoms with Gasteiger partial charge in [-0.1, -0.05) is 0 Å². The van der Waals surface area contributed by atoms with Crippen LogP contribution >= 0.6 is 11.8 Å². The van der Waals surface area contributed by atoms with Crippen LogP contribution in [0.15, 0.2) is 18.3 Å². The Morgan fingerprint density at radius 1 is 1.50 bits per heavy atom. The Morgan fingerprint density at radius 2 is 2.31 bits per heavy atom. The van der Waals surface area contributed by atoms with Crippen molar-refractivity contribution in [1.29, 1.82) is 5.26 Å². The molecule has 1 aromatic heterocycles. The van der Waals surface area contributed by atoms with E-state index in [9.17, 15) is 0 Å². The molecule has 1 N–H and O–H groups in total. The van der Waals surface area contributed by atoms with Crippen molar-refractivity contribution in [3.05, 3.63) is 29.6 Å². The quantitative estimate of drug-likeness (QED) is 0.866. The van der Waals surface area contributed by atoms with E-state index in [-0.39, 0.29) is 0 Å². The predicted molar refractivity (Wildman–Crippen MR) is 66.1 cm³/mol. The van der Waals surface area contributed by atoms with Crippen molar-refractivity contribution in [2.24, 2.45) is 0 Å². The summed E-state index contributed by atoms with van der Waals surface area (Å²) in [7, 11) is 0. The van der Waals surface area contributed by atoms with Crippen LogP contribution in [0.2, 0.25) is 0 Å². The maximum atomic E-state index is 8.74. The summed E-state index contributed by atoms with van der Waals surface area (Å²) in [5.74, 6) is 2.52. The number of pyridine rings is 1. The zero-order valence-electron chi connectivity index (χ0n) is 9.15. The van der Waals surface area contributed by atoms with Crippen molar-refractivity contribution < 1.29 is 0 Å². The fourth-order valence-electron chi connectivity index (χ4n) is 1.81. The molecule has 16 heavy (non-hydrogen) atoms. The summed E-state index contributed by atoms with van der Waals surface area (Å²) >= 11 is 2.03. The van der Waals surface area contributed by atoms with Crippen LogP contribution in [0, 0.1) is 11.3 Å². The van der Waals surface area contributed by atoms with E-state index >= 15 is 0 Å². The van der Waals surface area contributed by atoms with E-state index in [4.69, 9.17) is 5.26 Å². The largest absolute Gasteiger partial charge is 0.310 e. The van der Waals surface area contributed by atoms with Crippen molar-refractivity contribution in [3.63, 3.8) is 0 Å². The summed E-state index contributed by atoms with van der Waals surface area (Å²) < 4.78 is 0. The molecule has 0 amide bonds. The average Bonchev–Trinajstić information content (AvgIpc) is 2.38. The summed E-state index contributed by atoms with van der Waals surface area (Å²) in [6, 6.07) is 6.52. The molecule has 1 aromatic rings. The summed E-state index contributed by atoms with van der Waals surface area (Å²) in [6.45, 7) is 0.840. The van der Waals surface area contributed by atoms with E-state index in [2.05, 4.69) is 16.4 Å². The Hall–Kier alpha value is -1.05. The highest BCUT2D eigenvalue weighted by molar-refractivity contribution is 7.99. The Morgan fingerprint density at radius 3 is 3.06 bits per heavy atom. The van der Waals surface area contributed by atoms with Gasteiger partial charge in [-0.05, 0) is 42.0 Å². The van der Waals surface area contributed by atoms with Gasteiger partial charge in [0.25, 0.3) is 0 Å². The number of rotatable bonds is 3. The van der Waals surface area contributed by atoms with Gasteiger partial charge < -0.3 is 5.32 Å². The van der Waals surface area contributed by atoms with E-state index in [1.807, 2.05) is 23.9 Å². The van der Waals surface area contributed by atoms with Crippen LogP contribution in [0.5, 0.6) is 0 Å². The summed E-state index contributed by atoms with van der Waals surface area (Å²) in [5, 5.41) is 12.3. The highest BCUT2D eigenvalue weighted by Crippen LogP contribution is 2.17. The van der Waals surface area contributed by atoms with Gasteiger partial charge >= 0.3 is 0 Å². The fraction of sp³-hybridized carbons (Fsp3) is 0.500. The van der Waals surface area contributed by atoms with Gasteiger partial charge in [0.1, 0.15) is 11.8 Å². The van der Waals surface area contributed by atoms with Crippen molar-refractivity contribution in [2.45, 2.75) is 25.4 Å². The zero-order chi connectivity index (χ0) is 11.2. The highest BCUT2D eigenvalue weighted by Gasteiger charge is 2.12. The fourth-order valence-corrected chi connectivity index (χ4v) is 2.92. The van der Waals surface area contributed by atoms with E-state index in [0.717, 1.165) is 12.1 Å². The third-order valence-electron chi connectivity index (χ3n) is 2.76. The van der Waals surface area contributed by atoms with Crippen LogP contribution in [0.1, 0.15) is 24.1 Å². The van der Waals surface area contributed by atoms with Crippen LogP contribution in [0.4, 0.5) is 0 Å². The second-order valence-electron chi connectivity index (χ2n) is 3.93. The van der Waals surface area contributed by atoms with Gasteiger partial charge in [0.15, 0.2) is 0 Å². The van der Waals surface area contributed by atoms with Crippen LogP contribution in [0.3, 0.4) is 0 Å². The third kappa shape index (κ3) is 3.22. The molecule has 0 saturated carbocycles. The number of nitrogens with zero attached hydrogens (tertiary/aromatic N) is 2. The molecule has 0 spiro atoms. The normalized spacial score (nSPS) is 16.9.